The maximum absolute atomic E-state index is 11.8. The fraction of sp³-hybridized carbons (Fsp3) is 0.0270. The number of nitrogens with zero attached hydrogens (tertiary/aromatic N) is 10. The quantitative estimate of drug-likeness (QED) is 0.0425. The molecule has 1 aliphatic carbocycles. The molecule has 15 nitrogen and oxygen atoms in total. The summed E-state index contributed by atoms with van der Waals surface area (Å²) in [5.74, 6) is -0.816. The molecule has 0 saturated heterocycles. The minimum absolute atomic E-state index is 0. The number of aromatic nitrogens is 8. The largest absolute Gasteiger partial charge is 1.00 e. The van der Waals surface area contributed by atoms with Crippen LogP contribution in [-0.2, 0) is 0 Å². The number of hydrogen-bond donors (Lipinski definition) is 3. The van der Waals surface area contributed by atoms with E-state index in [-0.39, 0.29) is 61.7 Å². The van der Waals surface area contributed by atoms with Crippen molar-refractivity contribution >= 4 is 305 Å². The van der Waals surface area contributed by atoms with E-state index in [1.807, 2.05) is 146 Å². The van der Waals surface area contributed by atoms with Crippen molar-refractivity contribution in [3.63, 3.8) is 0 Å². The number of Topliss-reactive ketones (excluding diaryl/α,β-unsaturated/α-hetero) is 2. The van der Waals surface area contributed by atoms with Crippen LogP contribution in [0.15, 0.2) is 427 Å². The van der Waals surface area contributed by atoms with Gasteiger partial charge < -0.3 is 28.0 Å². The third kappa shape index (κ3) is 21.7. The molecule has 3 radical (unpaired) electrons. The minimum atomic E-state index is -0.408. The van der Waals surface area contributed by atoms with Gasteiger partial charge in [0.2, 0.25) is 11.6 Å². The molecule has 25 heteroatoms. The summed E-state index contributed by atoms with van der Waals surface area (Å²) >= 11 is 23.0. The van der Waals surface area contributed by atoms with Crippen LogP contribution in [0.25, 0.3) is 120 Å². The Hall–Kier alpha value is -12.7. The molecule has 0 bridgehead atoms. The van der Waals surface area contributed by atoms with Gasteiger partial charge in [-0.05, 0) is 262 Å². The zero-order valence-electron chi connectivity index (χ0n) is 71.7. The van der Waals surface area contributed by atoms with Gasteiger partial charge in [0.1, 0.15) is 44.1 Å². The van der Waals surface area contributed by atoms with Crippen molar-refractivity contribution in [3.8, 4) is 11.1 Å². The number of carbonyl (C=O) groups is 2. The molecule has 136 heavy (non-hydrogen) atoms. The maximum Gasteiger partial charge on any atom is 1.00 e. The van der Waals surface area contributed by atoms with Gasteiger partial charge in [-0.25, -0.2) is 19.9 Å². The van der Waals surface area contributed by atoms with Crippen molar-refractivity contribution in [1.29, 1.82) is 0 Å². The molecule has 24 rings (SSSR count). The average molecular weight is 2210 g/mol. The molecule has 663 valence electrons. The Morgan fingerprint density at radius 2 is 0.471 bits per heavy atom. The summed E-state index contributed by atoms with van der Waals surface area (Å²) in [5.41, 5.74) is 34.2. The van der Waals surface area contributed by atoms with Crippen LogP contribution in [-0.4, -0.2) is 57.4 Å². The topological polar surface area (TPSA) is 208 Å². The van der Waals surface area contributed by atoms with Crippen molar-refractivity contribution in [2.45, 2.75) is 22.3 Å². The SMILES string of the molecule is Brc1ccc(Br)c2nc3c4ccccc4c4ccccc4c3nc12.Brc1ccc(Br)c2nsnc12.C.C.C.Nc1c(Br)ccc(Br)c1N.O=C1C(=O)c2ccccc2-c2ccccc21.[B].[H-].[Na+].c1ccc(N(c2ccccc2)c2ccc(N(c3ccccc3)c3ccccc3)c3nc4c5ccccc5c5ccccc5c4nc23)cc1.c1ccc(Nc2ccccc2)cc1.c1ccc2nsnc2c1. The summed E-state index contributed by atoms with van der Waals surface area (Å²) in [7, 11) is 0. The summed E-state index contributed by atoms with van der Waals surface area (Å²) in [6.07, 6.45) is 0. The first-order valence-electron chi connectivity index (χ1n) is 41.3. The number of anilines is 10. The first-order chi connectivity index (χ1) is 64.2. The van der Waals surface area contributed by atoms with Gasteiger partial charge in [0, 0.05) is 102 Å². The number of ketones is 2. The fourth-order valence-electron chi connectivity index (χ4n) is 15.6. The molecule has 1 aliphatic rings. The zero-order chi connectivity index (χ0) is 89.9. The van der Waals surface area contributed by atoms with Crippen LogP contribution in [0.3, 0.4) is 0 Å². The van der Waals surface area contributed by atoms with Crippen LogP contribution < -0.4 is 56.1 Å². The number of nitrogen functional groups attached to an aromatic ring is 2. The third-order valence-electron chi connectivity index (χ3n) is 21.7. The summed E-state index contributed by atoms with van der Waals surface area (Å²) in [4.78, 5) is 49.4. The second-order valence-corrected chi connectivity index (χ2v) is 36.0. The molecule has 0 amide bonds. The summed E-state index contributed by atoms with van der Waals surface area (Å²) in [6.45, 7) is 0. The van der Waals surface area contributed by atoms with Crippen LogP contribution in [0, 0.1) is 0 Å². The monoisotopic (exact) mass is 2200 g/mol. The second-order valence-electron chi connectivity index (χ2n) is 29.8. The van der Waals surface area contributed by atoms with Gasteiger partial charge in [0.15, 0.2) is 0 Å². The molecule has 0 aliphatic heterocycles. The van der Waals surface area contributed by atoms with Crippen LogP contribution >= 0.6 is 119 Å². The standard InChI is InChI=1S/C44H30N4.C20H10Br2N2.C14H8O2.C12H11N.C6H2Br2N2S.C6H6Br2N2.C6H4N2S.3CH4.B.Na.H/c1-5-17-31(18-6-1)47(32-19-7-2-8-20-32)39-29-30-40(48(33-21-9-3-10-22-33)34-23-11-4-12-24-34)44-43(39)45-41-37-27-15-13-25-35(37)36-26-14-16-28-38(36)42(41)46-44;21-15-9-10-16(22)20-19(15)23-17-13-7-3-1-5-11(13)12-6-2-4-8-14(12)18(17)24-20;15-13-11-7-3-1-5-9(11)10-6-2-4-8-12(10)14(13)16;1-3-7-11(8-4-1)13-12-9-5-2-6-10-12;7-3-1-2-4(8)6-5(3)9-11-10-6;7-3-1-2-4(8)6(10)5(3)9;1-2-4-6-5(3-1)7-9-8-6;;;;;;/h1-30H;1-10H;1-8H;1-10,13H;1-2H;1-2H,9-10H2;1-4H;3*1H4;;;/q;;;;;;;;;;;+1;-1. The molecule has 0 fully saturated rings. The Bertz CT molecular complexity index is 7630. The number of fused-ring (bicyclic) bond motifs is 19. The smallest absolute Gasteiger partial charge is 1.00 e. The summed E-state index contributed by atoms with van der Waals surface area (Å²) in [5, 5.41) is 12.5. The molecule has 19 aromatic carbocycles. The van der Waals surface area contributed by atoms with Gasteiger partial charge in [0.05, 0.1) is 68.3 Å². The molecule has 0 saturated carbocycles. The zero-order valence-corrected chi connectivity index (χ0v) is 83.9. The molecule has 0 spiro atoms. The Morgan fingerprint density at radius 3 is 0.772 bits per heavy atom. The molecule has 23 aromatic rings. The number of rotatable bonds is 8. The molecule has 4 heterocycles. The van der Waals surface area contributed by atoms with E-state index in [0.29, 0.717) is 22.5 Å². The number of nitrogens with one attached hydrogen (secondary N) is 1. The normalized spacial score (nSPS) is 10.8. The fourth-order valence-corrected chi connectivity index (χ4v) is 19.2. The predicted octanol–water partition coefficient (Wildman–Crippen LogP) is 30.7. The Morgan fingerprint density at radius 1 is 0.243 bits per heavy atom. The van der Waals surface area contributed by atoms with Gasteiger partial charge in [0.25, 0.3) is 0 Å². The van der Waals surface area contributed by atoms with Gasteiger partial charge in [-0.15, -0.1) is 0 Å². The number of benzene rings is 19. The minimum Gasteiger partial charge on any atom is -1.00 e. The molecule has 5 N–H and O–H groups in total. The number of carbonyl (C=O) groups excluding carboxylic acids is 2. The van der Waals surface area contributed by atoms with E-state index in [4.69, 9.17) is 31.4 Å². The number of hydrogen-bond acceptors (Lipinski definition) is 17. The number of halogens is 6. The third-order valence-corrected chi connectivity index (χ3v) is 26.7. The summed E-state index contributed by atoms with van der Waals surface area (Å²) < 4.78 is 21.9. The van der Waals surface area contributed by atoms with Gasteiger partial charge in [-0.1, -0.05) is 289 Å². The predicted molar refractivity (Wildman–Crippen MR) is 594 cm³/mol. The van der Waals surface area contributed by atoms with E-state index in [1.165, 1.54) is 45.0 Å². The molecular weight excluding hydrogens is 2120 g/mol. The van der Waals surface area contributed by atoms with E-state index in [0.717, 1.165) is 171 Å². The summed E-state index contributed by atoms with van der Waals surface area (Å²) in [6, 6.07) is 134. The maximum atomic E-state index is 11.8. The van der Waals surface area contributed by atoms with Crippen LogP contribution in [0.2, 0.25) is 0 Å². The van der Waals surface area contributed by atoms with Crippen LogP contribution in [0.5, 0.6) is 0 Å². The second kappa shape index (κ2) is 46.7. The van der Waals surface area contributed by atoms with Crippen LogP contribution in [0.1, 0.15) is 44.4 Å². The molecule has 4 aromatic heterocycles. The Labute approximate surface area is 872 Å². The molecule has 0 unspecified atom stereocenters. The van der Waals surface area contributed by atoms with E-state index in [9.17, 15) is 9.59 Å². The van der Waals surface area contributed by atoms with Crippen molar-refractivity contribution in [3.05, 3.63) is 438 Å². The van der Waals surface area contributed by atoms with Gasteiger partial charge in [-0.2, -0.15) is 17.5 Å². The van der Waals surface area contributed by atoms with E-state index >= 15 is 0 Å². The number of para-hydroxylation sites is 6. The molecular formula is C111H84BBr6N13NaO2S2. The first-order valence-corrected chi connectivity index (χ1v) is 47.5. The van der Waals surface area contributed by atoms with Crippen molar-refractivity contribution in [2.75, 3.05) is 26.6 Å². The molecule has 0 atom stereocenters. The number of nitrogens with two attached hydrogens (primary N) is 2. The average Bonchev–Trinajstić information content (AvgIpc) is 1.22. The van der Waals surface area contributed by atoms with Crippen LogP contribution in [0.4, 0.5) is 56.9 Å². The van der Waals surface area contributed by atoms with E-state index in [2.05, 4.69) is 359 Å². The Kier molecular flexibility index (Phi) is 34.6. The van der Waals surface area contributed by atoms with Crippen molar-refractivity contribution in [1.82, 2.24) is 37.4 Å². The van der Waals surface area contributed by atoms with E-state index < -0.39 is 11.6 Å². The Balaban J connectivity index is 0.000000158. The first kappa shape index (κ1) is 101. The van der Waals surface area contributed by atoms with Crippen molar-refractivity contribution < 1.29 is 40.6 Å². The van der Waals surface area contributed by atoms with Gasteiger partial charge in [-0.3, -0.25) is 9.59 Å². The van der Waals surface area contributed by atoms with Crippen molar-refractivity contribution in [2.24, 2.45) is 0 Å². The van der Waals surface area contributed by atoms with E-state index in [1.54, 1.807) is 24.3 Å². The van der Waals surface area contributed by atoms with Gasteiger partial charge >= 0.3 is 29.6 Å².